The summed E-state index contributed by atoms with van der Waals surface area (Å²) in [4.78, 5) is 2.33. The van der Waals surface area contributed by atoms with E-state index >= 15 is 0 Å². The lowest BCUT2D eigenvalue weighted by Crippen LogP contribution is -2.09. The number of aromatic nitrogens is 1. The molecule has 0 fully saturated rings. The first-order valence-corrected chi connectivity index (χ1v) is 25.4. The predicted molar refractivity (Wildman–Crippen MR) is 316 cm³/mol. The Balaban J connectivity index is 0.905. The lowest BCUT2D eigenvalue weighted by Gasteiger charge is -2.25. The first kappa shape index (κ1) is 44.2. The second-order valence-corrected chi connectivity index (χ2v) is 18.9. The first-order chi connectivity index (χ1) is 36.7. The van der Waals surface area contributed by atoms with Gasteiger partial charge in [-0.1, -0.05) is 231 Å². The molecule has 348 valence electrons. The summed E-state index contributed by atoms with van der Waals surface area (Å²) in [6.07, 6.45) is 4.49. The van der Waals surface area contributed by atoms with Gasteiger partial charge in [0.1, 0.15) is 0 Å². The van der Waals surface area contributed by atoms with E-state index in [0.717, 1.165) is 39.4 Å². The molecule has 2 nitrogen and oxygen atoms in total. The molecule has 1 aromatic heterocycles. The van der Waals surface area contributed by atoms with E-state index in [2.05, 4.69) is 313 Å². The van der Waals surface area contributed by atoms with Crippen LogP contribution in [-0.4, -0.2) is 4.57 Å². The van der Waals surface area contributed by atoms with Crippen molar-refractivity contribution in [2.75, 3.05) is 4.90 Å². The minimum absolute atomic E-state index is 1.10. The van der Waals surface area contributed by atoms with Crippen LogP contribution in [0.25, 0.3) is 106 Å². The molecular weight excluding hydrogens is 893 g/mol. The van der Waals surface area contributed by atoms with E-state index < -0.39 is 0 Å². The zero-order valence-electron chi connectivity index (χ0n) is 40.8. The maximum atomic E-state index is 2.43. The quantitative estimate of drug-likeness (QED) is 0.117. The van der Waals surface area contributed by atoms with E-state index in [-0.39, 0.29) is 0 Å². The van der Waals surface area contributed by atoms with Crippen LogP contribution < -0.4 is 4.90 Å². The van der Waals surface area contributed by atoms with Crippen molar-refractivity contribution in [2.24, 2.45) is 0 Å². The molecule has 0 bridgehead atoms. The number of nitrogens with zero attached hydrogens (tertiary/aromatic N) is 2. The number of fused-ring (bicyclic) bond motifs is 4. The number of anilines is 3. The highest BCUT2D eigenvalue weighted by molar-refractivity contribution is 6.11. The maximum Gasteiger partial charge on any atom is 0.0561 e. The van der Waals surface area contributed by atoms with Crippen molar-refractivity contribution in [1.29, 1.82) is 0 Å². The Morgan fingerprint density at radius 3 is 1.26 bits per heavy atom. The Labute approximate surface area is 432 Å². The fourth-order valence-electron chi connectivity index (χ4n) is 10.9. The molecule has 0 saturated carbocycles. The van der Waals surface area contributed by atoms with E-state index in [1.54, 1.807) is 0 Å². The molecule has 0 unspecified atom stereocenters. The van der Waals surface area contributed by atoms with Crippen molar-refractivity contribution < 1.29 is 0 Å². The minimum atomic E-state index is 1.10. The molecule has 1 heterocycles. The number of hydrogen-bond donors (Lipinski definition) is 0. The third-order valence-corrected chi connectivity index (χ3v) is 14.3. The summed E-state index contributed by atoms with van der Waals surface area (Å²) in [6, 6.07) is 106. The van der Waals surface area contributed by atoms with Crippen LogP contribution in [0.4, 0.5) is 17.1 Å². The van der Waals surface area contributed by atoms with E-state index in [1.807, 2.05) is 0 Å². The highest BCUT2D eigenvalue weighted by Crippen LogP contribution is 2.50. The second-order valence-electron chi connectivity index (χ2n) is 18.9. The molecule has 12 aromatic carbocycles. The topological polar surface area (TPSA) is 8.17 Å². The van der Waals surface area contributed by atoms with Crippen LogP contribution >= 0.6 is 0 Å². The fraction of sp³-hybridized carbons (Fsp3) is 0. The average molecular weight is 943 g/mol. The molecule has 2 heteroatoms. The average Bonchev–Trinajstić information content (AvgIpc) is 3.80. The fourth-order valence-corrected chi connectivity index (χ4v) is 10.9. The van der Waals surface area contributed by atoms with Crippen LogP contribution in [0, 0.1) is 0 Å². The van der Waals surface area contributed by atoms with Crippen LogP contribution in [0.2, 0.25) is 0 Å². The Kier molecular flexibility index (Phi) is 11.6. The summed E-state index contributed by atoms with van der Waals surface area (Å²) in [5.74, 6) is 0. The Morgan fingerprint density at radius 2 is 0.689 bits per heavy atom. The third kappa shape index (κ3) is 8.35. The van der Waals surface area contributed by atoms with Crippen molar-refractivity contribution in [3.05, 3.63) is 302 Å². The van der Waals surface area contributed by atoms with Gasteiger partial charge in [-0.05, 0) is 150 Å². The number of hydrogen-bond acceptors (Lipinski definition) is 1. The van der Waals surface area contributed by atoms with Crippen molar-refractivity contribution in [3.8, 4) is 61.3 Å². The molecule has 13 aromatic rings. The highest BCUT2D eigenvalue weighted by Gasteiger charge is 2.24. The van der Waals surface area contributed by atoms with Crippen LogP contribution in [0.1, 0.15) is 11.1 Å². The second kappa shape index (κ2) is 19.4. The molecule has 13 rings (SSSR count). The van der Waals surface area contributed by atoms with Crippen molar-refractivity contribution in [1.82, 2.24) is 4.57 Å². The lowest BCUT2D eigenvalue weighted by atomic mass is 9.78. The molecule has 0 atom stereocenters. The molecule has 74 heavy (non-hydrogen) atoms. The summed E-state index contributed by atoms with van der Waals surface area (Å²) in [7, 11) is 0. The zero-order chi connectivity index (χ0) is 49.2. The molecule has 0 amide bonds. The Hall–Kier alpha value is -9.76. The minimum Gasteiger partial charge on any atom is -0.310 e. The summed E-state index contributed by atoms with van der Waals surface area (Å²) >= 11 is 0. The van der Waals surface area contributed by atoms with Gasteiger partial charge >= 0.3 is 0 Å². The van der Waals surface area contributed by atoms with Crippen LogP contribution in [0.3, 0.4) is 0 Å². The van der Waals surface area contributed by atoms with Gasteiger partial charge in [-0.15, -0.1) is 0 Å². The molecular formula is C72H50N2. The van der Waals surface area contributed by atoms with E-state index in [1.165, 1.54) is 82.7 Å². The van der Waals surface area contributed by atoms with E-state index in [0.29, 0.717) is 0 Å². The number of benzene rings is 12. The lowest BCUT2D eigenvalue weighted by molar-refractivity contribution is 1.18. The van der Waals surface area contributed by atoms with Gasteiger partial charge in [0.05, 0.1) is 11.0 Å². The molecule has 0 aliphatic rings. The summed E-state index contributed by atoms with van der Waals surface area (Å²) in [5, 5.41) is 4.82. The van der Waals surface area contributed by atoms with Crippen molar-refractivity contribution >= 4 is 61.8 Å². The summed E-state index contributed by atoms with van der Waals surface area (Å²) in [5.41, 5.74) is 21.1. The smallest absolute Gasteiger partial charge is 0.0561 e. The summed E-state index contributed by atoms with van der Waals surface area (Å²) in [6.45, 7) is 0. The SMILES string of the molecule is C(=C\c1ccc2c3ccc(N(c4ccccc4)c4ccccc4)cc3n(-c3ccccc3)c2c1)/c1ccc2cc(-c3cc(-c4ccccc4)c(-c4ccccc4)c(-c4ccccc4)c3-c3ccccc3)ccc2c1. The standard InChI is InChI=1S/C72H50N2/c1-8-22-53(23-9-1)66-50-67(71(55-26-12-3-13-27-55)72(56-28-14-4-15-29-56)70(66)54-24-10-2-11-25-54)59-42-41-57-46-51(38-40-58(57)48-59)36-37-52-39-44-64-65-45-43-63(49-69(65)74(68(64)47-52)62-34-20-7-21-35-62)73(60-30-16-5-17-31-60)61-32-18-6-19-33-61/h1-50H/b37-36+. The van der Waals surface area contributed by atoms with Crippen molar-refractivity contribution in [2.45, 2.75) is 0 Å². The normalized spacial score (nSPS) is 11.5. The van der Waals surface area contributed by atoms with Crippen LogP contribution in [0.5, 0.6) is 0 Å². The third-order valence-electron chi connectivity index (χ3n) is 14.3. The highest BCUT2D eigenvalue weighted by atomic mass is 15.1. The Morgan fingerprint density at radius 1 is 0.270 bits per heavy atom. The molecule has 0 aliphatic carbocycles. The van der Waals surface area contributed by atoms with Gasteiger partial charge in [0.2, 0.25) is 0 Å². The van der Waals surface area contributed by atoms with Crippen LogP contribution in [-0.2, 0) is 0 Å². The predicted octanol–water partition coefficient (Wildman–Crippen LogP) is 19.9. The maximum absolute atomic E-state index is 2.43. The van der Waals surface area contributed by atoms with E-state index in [4.69, 9.17) is 0 Å². The van der Waals surface area contributed by atoms with Crippen LogP contribution in [0.15, 0.2) is 291 Å². The molecule has 0 radical (unpaired) electrons. The first-order valence-electron chi connectivity index (χ1n) is 25.4. The molecule has 0 N–H and O–H groups in total. The van der Waals surface area contributed by atoms with E-state index in [9.17, 15) is 0 Å². The van der Waals surface area contributed by atoms with Gasteiger partial charge in [0.25, 0.3) is 0 Å². The molecule has 0 saturated heterocycles. The van der Waals surface area contributed by atoms with Gasteiger partial charge < -0.3 is 9.47 Å². The monoisotopic (exact) mass is 942 g/mol. The summed E-state index contributed by atoms with van der Waals surface area (Å²) < 4.78 is 2.41. The van der Waals surface area contributed by atoms with Gasteiger partial charge in [-0.3, -0.25) is 0 Å². The molecule has 0 spiro atoms. The number of para-hydroxylation sites is 3. The van der Waals surface area contributed by atoms with Gasteiger partial charge in [0.15, 0.2) is 0 Å². The van der Waals surface area contributed by atoms with Gasteiger partial charge in [-0.25, -0.2) is 0 Å². The van der Waals surface area contributed by atoms with Gasteiger partial charge in [-0.2, -0.15) is 0 Å². The van der Waals surface area contributed by atoms with Crippen molar-refractivity contribution in [3.63, 3.8) is 0 Å². The zero-order valence-corrected chi connectivity index (χ0v) is 40.8. The largest absolute Gasteiger partial charge is 0.310 e. The Bertz CT molecular complexity index is 4090. The molecule has 0 aliphatic heterocycles. The number of rotatable bonds is 11. The van der Waals surface area contributed by atoms with Gasteiger partial charge in [0, 0.05) is 33.5 Å².